The standard InChI is InChI=1S/C25H30F3N7O2/c1-4-18-14-33(5-6-36-3)15(2)12-34(18)22-10-20(31-24(32-22)35-13-16-7-19(35)8-16)17-9-21(23(29)30-11-17)37-25(26,27)28/h1,9-11,15-16,18-19H,5-8,12-14H2,2-3H3,(H2,29,30)/t15-,16?,18-,19?/m0/s1. The van der Waals surface area contributed by atoms with E-state index < -0.39 is 12.1 Å². The van der Waals surface area contributed by atoms with Gasteiger partial charge in [-0.15, -0.1) is 19.6 Å². The molecule has 37 heavy (non-hydrogen) atoms. The number of nitrogen functional groups attached to an aromatic ring is 1. The molecular weight excluding hydrogens is 487 g/mol. The molecule has 5 heterocycles. The second kappa shape index (κ2) is 9.87. The Kier molecular flexibility index (Phi) is 6.76. The average molecular weight is 518 g/mol. The number of ether oxygens (including phenoxy) is 2. The van der Waals surface area contributed by atoms with Crippen LogP contribution in [0.2, 0.25) is 0 Å². The Morgan fingerprint density at radius 3 is 2.59 bits per heavy atom. The summed E-state index contributed by atoms with van der Waals surface area (Å²) in [6.45, 7) is 5.61. The number of fused-ring (bicyclic) bond motifs is 1. The topological polar surface area (TPSA) is 92.9 Å². The summed E-state index contributed by atoms with van der Waals surface area (Å²) >= 11 is 0. The first kappa shape index (κ1) is 25.4. The number of aromatic nitrogens is 3. The number of hydrogen-bond acceptors (Lipinski definition) is 9. The largest absolute Gasteiger partial charge is 0.573 e. The van der Waals surface area contributed by atoms with E-state index in [9.17, 15) is 13.2 Å². The van der Waals surface area contributed by atoms with Crippen molar-refractivity contribution < 1.29 is 22.6 Å². The second-order valence-corrected chi connectivity index (χ2v) is 9.88. The number of alkyl halides is 3. The Morgan fingerprint density at radius 2 is 1.95 bits per heavy atom. The first-order valence-corrected chi connectivity index (χ1v) is 12.3. The number of halogens is 3. The van der Waals surface area contributed by atoms with Crippen molar-refractivity contribution in [2.24, 2.45) is 5.92 Å². The smallest absolute Gasteiger partial charge is 0.402 e. The molecule has 9 nitrogen and oxygen atoms in total. The van der Waals surface area contributed by atoms with Gasteiger partial charge >= 0.3 is 6.36 Å². The van der Waals surface area contributed by atoms with Gasteiger partial charge in [0.1, 0.15) is 11.9 Å². The molecule has 2 aromatic heterocycles. The van der Waals surface area contributed by atoms with Crippen LogP contribution in [0.25, 0.3) is 11.3 Å². The summed E-state index contributed by atoms with van der Waals surface area (Å²) in [6, 6.07) is 3.27. The molecule has 0 amide bonds. The molecule has 0 spiro atoms. The molecule has 0 radical (unpaired) electrons. The van der Waals surface area contributed by atoms with Gasteiger partial charge in [0, 0.05) is 63.2 Å². The molecule has 3 saturated heterocycles. The lowest BCUT2D eigenvalue weighted by Gasteiger charge is -2.44. The van der Waals surface area contributed by atoms with Crippen LogP contribution in [-0.2, 0) is 4.74 Å². The van der Waals surface area contributed by atoms with E-state index in [1.807, 2.05) is 0 Å². The third kappa shape index (κ3) is 5.24. The van der Waals surface area contributed by atoms with Crippen LogP contribution in [0.3, 0.4) is 0 Å². The minimum Gasteiger partial charge on any atom is -0.402 e. The molecule has 2 aromatic rings. The van der Waals surface area contributed by atoms with Gasteiger partial charge in [0.05, 0.1) is 12.3 Å². The molecule has 198 valence electrons. The van der Waals surface area contributed by atoms with Crippen molar-refractivity contribution in [2.45, 2.75) is 44.3 Å². The third-order valence-corrected chi connectivity index (χ3v) is 7.40. The zero-order valence-corrected chi connectivity index (χ0v) is 20.8. The van der Waals surface area contributed by atoms with Crippen LogP contribution in [0, 0.1) is 18.3 Å². The monoisotopic (exact) mass is 517 g/mol. The highest BCUT2D eigenvalue weighted by Gasteiger charge is 2.44. The van der Waals surface area contributed by atoms with E-state index in [0.717, 1.165) is 25.9 Å². The molecule has 1 saturated carbocycles. The highest BCUT2D eigenvalue weighted by atomic mass is 19.4. The summed E-state index contributed by atoms with van der Waals surface area (Å²) < 4.78 is 48.1. The number of pyridine rings is 1. The van der Waals surface area contributed by atoms with Gasteiger partial charge < -0.3 is 25.0 Å². The molecule has 1 aliphatic carbocycles. The maximum atomic E-state index is 12.9. The minimum absolute atomic E-state index is 0.186. The number of nitrogens with zero attached hydrogens (tertiary/aromatic N) is 6. The predicted molar refractivity (Wildman–Crippen MR) is 133 cm³/mol. The van der Waals surface area contributed by atoms with Crippen molar-refractivity contribution in [3.05, 3.63) is 18.3 Å². The first-order valence-electron chi connectivity index (χ1n) is 12.3. The zero-order chi connectivity index (χ0) is 26.3. The van der Waals surface area contributed by atoms with E-state index in [1.165, 1.54) is 12.3 Å². The van der Waals surface area contributed by atoms with Gasteiger partial charge in [-0.1, -0.05) is 5.92 Å². The lowest BCUT2D eigenvalue weighted by atomic mass is 9.86. The number of piperazine rings is 1. The number of anilines is 3. The van der Waals surface area contributed by atoms with E-state index in [4.69, 9.17) is 26.9 Å². The molecule has 6 rings (SSSR count). The fourth-order valence-corrected chi connectivity index (χ4v) is 5.37. The lowest BCUT2D eigenvalue weighted by molar-refractivity contribution is -0.274. The molecule has 0 unspecified atom stereocenters. The Hall–Kier alpha value is -3.30. The van der Waals surface area contributed by atoms with Crippen LogP contribution in [0.1, 0.15) is 19.8 Å². The summed E-state index contributed by atoms with van der Waals surface area (Å²) in [7, 11) is 1.67. The molecule has 3 aliphatic heterocycles. The van der Waals surface area contributed by atoms with Crippen LogP contribution in [0.5, 0.6) is 5.75 Å². The quantitative estimate of drug-likeness (QED) is 0.557. The van der Waals surface area contributed by atoms with E-state index in [1.54, 1.807) is 13.2 Å². The summed E-state index contributed by atoms with van der Waals surface area (Å²) in [5, 5.41) is 0. The van der Waals surface area contributed by atoms with E-state index in [0.29, 0.717) is 54.7 Å². The Balaban J connectivity index is 1.53. The van der Waals surface area contributed by atoms with Crippen LogP contribution in [-0.4, -0.2) is 84.2 Å². The van der Waals surface area contributed by atoms with Crippen LogP contribution >= 0.6 is 0 Å². The van der Waals surface area contributed by atoms with Crippen molar-refractivity contribution in [3.8, 4) is 29.4 Å². The number of methoxy groups -OCH3 is 1. The molecule has 12 heteroatoms. The summed E-state index contributed by atoms with van der Waals surface area (Å²) in [6.07, 6.45) is 4.64. The van der Waals surface area contributed by atoms with E-state index in [2.05, 4.69) is 37.3 Å². The van der Waals surface area contributed by atoms with Crippen LogP contribution in [0.15, 0.2) is 18.3 Å². The van der Waals surface area contributed by atoms with Crippen molar-refractivity contribution in [1.29, 1.82) is 0 Å². The molecule has 2 atom stereocenters. The summed E-state index contributed by atoms with van der Waals surface area (Å²) in [4.78, 5) is 20.1. The van der Waals surface area contributed by atoms with Crippen molar-refractivity contribution >= 4 is 17.6 Å². The van der Waals surface area contributed by atoms with Gasteiger partial charge in [0.2, 0.25) is 5.95 Å². The van der Waals surface area contributed by atoms with Gasteiger partial charge in [-0.2, -0.15) is 4.98 Å². The van der Waals surface area contributed by atoms with Crippen LogP contribution in [0.4, 0.5) is 30.8 Å². The summed E-state index contributed by atoms with van der Waals surface area (Å²) in [5.74, 6) is 3.74. The molecular formula is C25H30F3N7O2. The Labute approximate surface area is 213 Å². The van der Waals surface area contributed by atoms with Crippen molar-refractivity contribution in [1.82, 2.24) is 19.9 Å². The number of rotatable bonds is 7. The van der Waals surface area contributed by atoms with Gasteiger partial charge in [-0.05, 0) is 31.7 Å². The molecule has 0 aromatic carbocycles. The fourth-order valence-electron chi connectivity index (χ4n) is 5.37. The number of terminal acetylenes is 1. The predicted octanol–water partition coefficient (Wildman–Crippen LogP) is 2.78. The number of nitrogens with two attached hydrogens (primary N) is 1. The normalized spacial score (nSPS) is 25.6. The van der Waals surface area contributed by atoms with Gasteiger partial charge in [0.25, 0.3) is 0 Å². The highest BCUT2D eigenvalue weighted by molar-refractivity contribution is 5.68. The van der Waals surface area contributed by atoms with Gasteiger partial charge in [-0.25, -0.2) is 9.97 Å². The highest BCUT2D eigenvalue weighted by Crippen LogP contribution is 2.43. The van der Waals surface area contributed by atoms with E-state index >= 15 is 0 Å². The second-order valence-electron chi connectivity index (χ2n) is 9.88. The third-order valence-electron chi connectivity index (χ3n) is 7.40. The van der Waals surface area contributed by atoms with Gasteiger partial charge in [0.15, 0.2) is 11.6 Å². The maximum absolute atomic E-state index is 12.9. The Morgan fingerprint density at radius 1 is 1.16 bits per heavy atom. The molecule has 4 fully saturated rings. The average Bonchev–Trinajstić information content (AvgIpc) is 3.45. The Bertz CT molecular complexity index is 1180. The van der Waals surface area contributed by atoms with Crippen molar-refractivity contribution in [3.63, 3.8) is 0 Å². The maximum Gasteiger partial charge on any atom is 0.573 e. The SMILES string of the molecule is C#C[C@H]1CN(CCOC)[C@@H](C)CN1c1cc(-c2cnc(N)c(OC(F)(F)F)c2)nc(N2CC3CC2C3)n1. The van der Waals surface area contributed by atoms with Crippen molar-refractivity contribution in [2.75, 3.05) is 55.4 Å². The minimum atomic E-state index is -4.90. The summed E-state index contributed by atoms with van der Waals surface area (Å²) in [5.41, 5.74) is 6.42. The fraction of sp³-hybridized carbons (Fsp3) is 0.560. The molecule has 2 N–H and O–H groups in total. The molecule has 4 aliphatic rings. The zero-order valence-electron chi connectivity index (χ0n) is 20.8. The van der Waals surface area contributed by atoms with Crippen LogP contribution < -0.4 is 20.3 Å². The van der Waals surface area contributed by atoms with Gasteiger partial charge in [-0.3, -0.25) is 4.90 Å². The first-order chi connectivity index (χ1) is 17.6. The number of hydrogen-bond donors (Lipinski definition) is 1. The van der Waals surface area contributed by atoms with E-state index in [-0.39, 0.29) is 17.9 Å². The molecule has 2 bridgehead atoms. The lowest BCUT2D eigenvalue weighted by Crippen LogP contribution is -2.58.